The summed E-state index contributed by atoms with van der Waals surface area (Å²) in [6.45, 7) is 3.33. The maximum atomic E-state index is 6.11. The van der Waals surface area contributed by atoms with Gasteiger partial charge in [0.05, 0.1) is 0 Å². The van der Waals surface area contributed by atoms with Gasteiger partial charge in [-0.05, 0) is 43.7 Å². The minimum atomic E-state index is 0.445. The van der Waals surface area contributed by atoms with Crippen LogP contribution in [0.4, 0.5) is 0 Å². The number of nitrogens with two attached hydrogens (primary N) is 1. The van der Waals surface area contributed by atoms with Crippen LogP contribution in [0.15, 0.2) is 24.3 Å². The summed E-state index contributed by atoms with van der Waals surface area (Å²) in [5.41, 5.74) is 9.02. The summed E-state index contributed by atoms with van der Waals surface area (Å²) in [6, 6.07) is 10.7. The van der Waals surface area contributed by atoms with E-state index < -0.39 is 0 Å². The van der Waals surface area contributed by atoms with Gasteiger partial charge in [0, 0.05) is 24.7 Å². The number of aryl methyl sites for hydroxylation is 1. The molecule has 17 heavy (non-hydrogen) atoms. The van der Waals surface area contributed by atoms with Gasteiger partial charge in [-0.1, -0.05) is 24.3 Å². The Morgan fingerprint density at radius 3 is 2.47 bits per heavy atom. The maximum absolute atomic E-state index is 6.11. The van der Waals surface area contributed by atoms with E-state index in [1.54, 1.807) is 0 Å². The van der Waals surface area contributed by atoms with E-state index in [-0.39, 0.29) is 0 Å². The standard InChI is InChI=1S/C15H22N2/c1-11-4-2-3-5-12(11)10-17-14-6-7-15(17)9-13(16)8-14/h2-5,13-15H,6-10,16H2,1H3. The highest BCUT2D eigenvalue weighted by molar-refractivity contribution is 5.25. The zero-order chi connectivity index (χ0) is 11.8. The molecule has 2 fully saturated rings. The average molecular weight is 230 g/mol. The van der Waals surface area contributed by atoms with Gasteiger partial charge in [0.15, 0.2) is 0 Å². The number of rotatable bonds is 2. The molecule has 0 radical (unpaired) electrons. The molecule has 2 aliphatic heterocycles. The lowest BCUT2D eigenvalue weighted by atomic mass is 9.97. The van der Waals surface area contributed by atoms with Crippen molar-refractivity contribution in [2.45, 2.75) is 57.3 Å². The molecule has 2 unspecified atom stereocenters. The Labute approximate surface area is 104 Å². The summed E-state index contributed by atoms with van der Waals surface area (Å²) < 4.78 is 0. The van der Waals surface area contributed by atoms with Gasteiger partial charge in [0.1, 0.15) is 0 Å². The Hall–Kier alpha value is -0.860. The van der Waals surface area contributed by atoms with Gasteiger partial charge in [-0.15, -0.1) is 0 Å². The first-order valence-corrected chi connectivity index (χ1v) is 6.80. The molecule has 0 amide bonds. The molecular weight excluding hydrogens is 208 g/mol. The molecule has 92 valence electrons. The molecule has 2 heteroatoms. The van der Waals surface area contributed by atoms with Crippen LogP contribution in [0.1, 0.15) is 36.8 Å². The first-order chi connectivity index (χ1) is 8.24. The van der Waals surface area contributed by atoms with Crippen molar-refractivity contribution in [1.82, 2.24) is 4.90 Å². The second kappa shape index (κ2) is 4.43. The average Bonchev–Trinajstić information content (AvgIpc) is 2.56. The van der Waals surface area contributed by atoms with Crippen LogP contribution >= 0.6 is 0 Å². The van der Waals surface area contributed by atoms with Crippen LogP contribution in [0.3, 0.4) is 0 Å². The first kappa shape index (κ1) is 11.2. The highest BCUT2D eigenvalue weighted by Crippen LogP contribution is 2.36. The van der Waals surface area contributed by atoms with Crippen LogP contribution in [-0.4, -0.2) is 23.0 Å². The SMILES string of the molecule is Cc1ccccc1CN1C2CCC1CC(N)C2. The normalized spacial score (nSPS) is 32.9. The lowest BCUT2D eigenvalue weighted by Gasteiger charge is -2.38. The Balaban J connectivity index is 1.76. The molecule has 0 aromatic heterocycles. The molecule has 1 aromatic rings. The highest BCUT2D eigenvalue weighted by Gasteiger charge is 2.39. The second-order valence-corrected chi connectivity index (χ2v) is 5.72. The molecule has 1 aromatic carbocycles. The third-order valence-electron chi connectivity index (χ3n) is 4.53. The fourth-order valence-electron chi connectivity index (χ4n) is 3.56. The van der Waals surface area contributed by atoms with Gasteiger partial charge in [0.25, 0.3) is 0 Å². The summed E-state index contributed by atoms with van der Waals surface area (Å²) in [4.78, 5) is 2.70. The minimum absolute atomic E-state index is 0.445. The van der Waals surface area contributed by atoms with E-state index in [1.165, 1.54) is 36.8 Å². The smallest absolute Gasteiger partial charge is 0.0242 e. The van der Waals surface area contributed by atoms with Crippen LogP contribution < -0.4 is 5.73 Å². The zero-order valence-corrected chi connectivity index (χ0v) is 10.6. The van der Waals surface area contributed by atoms with E-state index in [4.69, 9.17) is 5.73 Å². The minimum Gasteiger partial charge on any atom is -0.328 e. The molecule has 2 heterocycles. The zero-order valence-electron chi connectivity index (χ0n) is 10.6. The van der Waals surface area contributed by atoms with Crippen LogP contribution in [0.25, 0.3) is 0 Å². The van der Waals surface area contributed by atoms with Gasteiger partial charge < -0.3 is 5.73 Å². The molecule has 3 rings (SSSR count). The Kier molecular flexibility index (Phi) is 2.93. The van der Waals surface area contributed by atoms with Crippen molar-refractivity contribution in [2.24, 2.45) is 5.73 Å². The number of fused-ring (bicyclic) bond motifs is 2. The fourth-order valence-corrected chi connectivity index (χ4v) is 3.56. The van der Waals surface area contributed by atoms with E-state index >= 15 is 0 Å². The van der Waals surface area contributed by atoms with E-state index in [2.05, 4.69) is 36.1 Å². The molecule has 0 spiro atoms. The monoisotopic (exact) mass is 230 g/mol. The molecule has 2 aliphatic rings. The fraction of sp³-hybridized carbons (Fsp3) is 0.600. The second-order valence-electron chi connectivity index (χ2n) is 5.72. The molecule has 2 bridgehead atoms. The third-order valence-corrected chi connectivity index (χ3v) is 4.53. The molecule has 2 saturated heterocycles. The van der Waals surface area contributed by atoms with Crippen LogP contribution in [0.2, 0.25) is 0 Å². The third kappa shape index (κ3) is 2.12. The molecule has 2 N–H and O–H groups in total. The number of piperidine rings is 1. The van der Waals surface area contributed by atoms with Gasteiger partial charge in [-0.3, -0.25) is 4.90 Å². The number of benzene rings is 1. The van der Waals surface area contributed by atoms with E-state index in [1.807, 2.05) is 0 Å². The summed E-state index contributed by atoms with van der Waals surface area (Å²) in [7, 11) is 0. The molecule has 2 nitrogen and oxygen atoms in total. The summed E-state index contributed by atoms with van der Waals surface area (Å²) in [5, 5.41) is 0. The first-order valence-electron chi connectivity index (χ1n) is 6.80. The van der Waals surface area contributed by atoms with E-state index in [0.717, 1.165) is 18.6 Å². The summed E-state index contributed by atoms with van der Waals surface area (Å²) in [5.74, 6) is 0. The molecule has 0 aliphatic carbocycles. The van der Waals surface area contributed by atoms with Gasteiger partial charge in [-0.2, -0.15) is 0 Å². The van der Waals surface area contributed by atoms with Crippen LogP contribution in [-0.2, 0) is 6.54 Å². The lowest BCUT2D eigenvalue weighted by Crippen LogP contribution is -2.46. The van der Waals surface area contributed by atoms with E-state index in [9.17, 15) is 0 Å². The largest absolute Gasteiger partial charge is 0.328 e. The van der Waals surface area contributed by atoms with Crippen molar-refractivity contribution < 1.29 is 0 Å². The van der Waals surface area contributed by atoms with Crippen molar-refractivity contribution in [3.8, 4) is 0 Å². The van der Waals surface area contributed by atoms with Crippen LogP contribution in [0.5, 0.6) is 0 Å². The van der Waals surface area contributed by atoms with Crippen molar-refractivity contribution in [1.29, 1.82) is 0 Å². The van der Waals surface area contributed by atoms with Gasteiger partial charge in [0.2, 0.25) is 0 Å². The number of hydrogen-bond acceptors (Lipinski definition) is 2. The molecule has 0 saturated carbocycles. The number of nitrogens with zero attached hydrogens (tertiary/aromatic N) is 1. The summed E-state index contributed by atoms with van der Waals surface area (Å²) >= 11 is 0. The van der Waals surface area contributed by atoms with Crippen molar-refractivity contribution in [2.75, 3.05) is 0 Å². The van der Waals surface area contributed by atoms with Gasteiger partial charge >= 0.3 is 0 Å². The highest BCUT2D eigenvalue weighted by atomic mass is 15.2. The molecule has 2 atom stereocenters. The maximum Gasteiger partial charge on any atom is 0.0242 e. The predicted molar refractivity (Wildman–Crippen MR) is 70.7 cm³/mol. The van der Waals surface area contributed by atoms with Gasteiger partial charge in [-0.25, -0.2) is 0 Å². The Morgan fingerprint density at radius 2 is 1.82 bits per heavy atom. The van der Waals surface area contributed by atoms with Crippen molar-refractivity contribution in [3.05, 3.63) is 35.4 Å². The lowest BCUT2D eigenvalue weighted by molar-refractivity contribution is 0.119. The summed E-state index contributed by atoms with van der Waals surface area (Å²) in [6.07, 6.45) is 5.10. The predicted octanol–water partition coefficient (Wildman–Crippen LogP) is 2.45. The topological polar surface area (TPSA) is 29.3 Å². The Bertz CT molecular complexity index is 388. The van der Waals surface area contributed by atoms with Crippen molar-refractivity contribution in [3.63, 3.8) is 0 Å². The van der Waals surface area contributed by atoms with E-state index in [0.29, 0.717) is 6.04 Å². The van der Waals surface area contributed by atoms with Crippen molar-refractivity contribution >= 4 is 0 Å². The van der Waals surface area contributed by atoms with Crippen LogP contribution in [0, 0.1) is 6.92 Å². The molecular formula is C15H22N2. The number of hydrogen-bond donors (Lipinski definition) is 1. The Morgan fingerprint density at radius 1 is 1.18 bits per heavy atom. The quantitative estimate of drug-likeness (QED) is 0.845.